The van der Waals surface area contributed by atoms with Crippen LogP contribution in [0.25, 0.3) is 0 Å². The van der Waals surface area contributed by atoms with Gasteiger partial charge in [0.2, 0.25) is 5.91 Å². The molecule has 3 rings (SSSR count). The zero-order valence-corrected chi connectivity index (χ0v) is 15.2. The number of amides is 1. The molecule has 2 aromatic rings. The number of rotatable bonds is 7. The fourth-order valence-corrected chi connectivity index (χ4v) is 3.31. The second-order valence-electron chi connectivity index (χ2n) is 6.43. The number of carbonyl (C=O) groups is 2. The number of aromatic carboxylic acids is 1. The molecule has 0 spiro atoms. The van der Waals surface area contributed by atoms with E-state index in [1.165, 1.54) is 19.2 Å². The van der Waals surface area contributed by atoms with Crippen molar-refractivity contribution in [2.24, 2.45) is 0 Å². The molecule has 1 aliphatic carbocycles. The fraction of sp³-hybridized carbons (Fsp3) is 0.300. The highest BCUT2D eigenvalue weighted by atomic mass is 35.5. The van der Waals surface area contributed by atoms with Gasteiger partial charge >= 0.3 is 5.97 Å². The standard InChI is InChI=1S/C20H20ClNO4/c1-26-17-11-14(18(23)24)6-5-13(17)7-10-22-19(25)20(8-9-20)15-3-2-4-16(21)12-15/h2-6,11-12H,7-10H2,1H3,(H,22,25)(H,23,24). The lowest BCUT2D eigenvalue weighted by molar-refractivity contribution is -0.123. The summed E-state index contributed by atoms with van der Waals surface area (Å²) in [6, 6.07) is 12.2. The lowest BCUT2D eigenvalue weighted by atomic mass is 9.95. The molecule has 1 fully saturated rings. The van der Waals surface area contributed by atoms with Gasteiger partial charge in [0.05, 0.1) is 18.1 Å². The molecule has 0 aromatic heterocycles. The average molecular weight is 374 g/mol. The van der Waals surface area contributed by atoms with E-state index < -0.39 is 11.4 Å². The molecular weight excluding hydrogens is 354 g/mol. The van der Waals surface area contributed by atoms with E-state index in [-0.39, 0.29) is 11.5 Å². The Bertz CT molecular complexity index is 845. The minimum absolute atomic E-state index is 0.000824. The van der Waals surface area contributed by atoms with Gasteiger partial charge in [0.15, 0.2) is 0 Å². The Labute approximate surface area is 156 Å². The van der Waals surface area contributed by atoms with Gasteiger partial charge in [0, 0.05) is 11.6 Å². The molecule has 136 valence electrons. The Morgan fingerprint density at radius 2 is 2.00 bits per heavy atom. The Kier molecular flexibility index (Phi) is 5.18. The Balaban J connectivity index is 1.63. The van der Waals surface area contributed by atoms with Gasteiger partial charge in [-0.25, -0.2) is 4.79 Å². The van der Waals surface area contributed by atoms with Crippen molar-refractivity contribution in [3.05, 3.63) is 64.2 Å². The molecule has 0 heterocycles. The van der Waals surface area contributed by atoms with Gasteiger partial charge in [-0.15, -0.1) is 0 Å². The number of methoxy groups -OCH3 is 1. The van der Waals surface area contributed by atoms with E-state index in [1.807, 2.05) is 18.2 Å². The second kappa shape index (κ2) is 7.38. The third-order valence-electron chi connectivity index (χ3n) is 4.78. The third-order valence-corrected chi connectivity index (χ3v) is 5.01. The number of benzene rings is 2. The van der Waals surface area contributed by atoms with Crippen LogP contribution < -0.4 is 10.1 Å². The monoisotopic (exact) mass is 373 g/mol. The van der Waals surface area contributed by atoms with Crippen molar-refractivity contribution in [3.8, 4) is 5.75 Å². The Morgan fingerprint density at radius 1 is 1.23 bits per heavy atom. The normalized spacial score (nSPS) is 14.5. The summed E-state index contributed by atoms with van der Waals surface area (Å²) in [6.45, 7) is 0.448. The molecule has 0 aliphatic heterocycles. The summed E-state index contributed by atoms with van der Waals surface area (Å²) in [7, 11) is 1.50. The van der Waals surface area contributed by atoms with Crippen LogP contribution in [0.15, 0.2) is 42.5 Å². The summed E-state index contributed by atoms with van der Waals surface area (Å²) in [5.41, 5.74) is 1.51. The molecule has 5 nitrogen and oxygen atoms in total. The van der Waals surface area contributed by atoms with Crippen LogP contribution in [0, 0.1) is 0 Å². The molecule has 26 heavy (non-hydrogen) atoms. The van der Waals surface area contributed by atoms with Crippen molar-refractivity contribution in [1.29, 1.82) is 0 Å². The number of hydrogen-bond donors (Lipinski definition) is 2. The molecule has 0 radical (unpaired) electrons. The predicted octanol–water partition coefficient (Wildman–Crippen LogP) is 3.44. The molecule has 1 saturated carbocycles. The molecule has 6 heteroatoms. The average Bonchev–Trinajstić information content (AvgIpc) is 3.43. The van der Waals surface area contributed by atoms with Gasteiger partial charge in [0.1, 0.15) is 5.75 Å². The summed E-state index contributed by atoms with van der Waals surface area (Å²) in [5, 5.41) is 12.7. The highest BCUT2D eigenvalue weighted by Gasteiger charge is 2.51. The van der Waals surface area contributed by atoms with Gasteiger partial charge in [-0.2, -0.15) is 0 Å². The number of carboxylic acid groups (broad SMARTS) is 1. The molecule has 0 unspecified atom stereocenters. The van der Waals surface area contributed by atoms with Crippen LogP contribution in [0.1, 0.15) is 34.3 Å². The van der Waals surface area contributed by atoms with Crippen molar-refractivity contribution < 1.29 is 19.4 Å². The number of nitrogens with one attached hydrogen (secondary N) is 1. The van der Waals surface area contributed by atoms with Crippen molar-refractivity contribution in [2.75, 3.05) is 13.7 Å². The summed E-state index contributed by atoms with van der Waals surface area (Å²) >= 11 is 6.05. The Hall–Kier alpha value is -2.53. The number of carboxylic acids is 1. The lowest BCUT2D eigenvalue weighted by Gasteiger charge is -2.16. The fourth-order valence-electron chi connectivity index (χ4n) is 3.12. The largest absolute Gasteiger partial charge is 0.496 e. The van der Waals surface area contributed by atoms with Gasteiger partial charge in [-0.3, -0.25) is 4.79 Å². The van der Waals surface area contributed by atoms with E-state index in [2.05, 4.69) is 5.32 Å². The summed E-state index contributed by atoms with van der Waals surface area (Å²) in [4.78, 5) is 23.7. The minimum atomic E-state index is -1.000. The van der Waals surface area contributed by atoms with Crippen LogP contribution in [-0.4, -0.2) is 30.6 Å². The quantitative estimate of drug-likeness (QED) is 0.779. The summed E-state index contributed by atoms with van der Waals surface area (Å²) in [5.74, 6) is -0.489. The van der Waals surface area contributed by atoms with E-state index in [0.717, 1.165) is 24.0 Å². The Morgan fingerprint density at radius 3 is 2.62 bits per heavy atom. The second-order valence-corrected chi connectivity index (χ2v) is 6.87. The van der Waals surface area contributed by atoms with E-state index in [1.54, 1.807) is 12.1 Å². The first kappa shape index (κ1) is 18.3. The van der Waals surface area contributed by atoms with E-state index in [0.29, 0.717) is 23.7 Å². The highest BCUT2D eigenvalue weighted by molar-refractivity contribution is 6.30. The molecule has 2 aromatic carbocycles. The van der Waals surface area contributed by atoms with Crippen LogP contribution in [0.3, 0.4) is 0 Å². The summed E-state index contributed by atoms with van der Waals surface area (Å²) < 4.78 is 5.27. The first-order chi connectivity index (χ1) is 12.5. The lowest BCUT2D eigenvalue weighted by Crippen LogP contribution is -2.36. The number of ether oxygens (including phenoxy) is 1. The third kappa shape index (κ3) is 3.68. The first-order valence-corrected chi connectivity index (χ1v) is 8.78. The first-order valence-electron chi connectivity index (χ1n) is 8.41. The smallest absolute Gasteiger partial charge is 0.335 e. The maximum atomic E-state index is 12.7. The van der Waals surface area contributed by atoms with Crippen molar-refractivity contribution in [3.63, 3.8) is 0 Å². The maximum Gasteiger partial charge on any atom is 0.335 e. The van der Waals surface area contributed by atoms with E-state index in [4.69, 9.17) is 21.4 Å². The SMILES string of the molecule is COc1cc(C(=O)O)ccc1CCNC(=O)C1(c2cccc(Cl)c2)CC1. The van der Waals surface area contributed by atoms with Crippen molar-refractivity contribution in [2.45, 2.75) is 24.7 Å². The van der Waals surface area contributed by atoms with Gasteiger partial charge in [-0.05, 0) is 54.7 Å². The molecule has 0 saturated heterocycles. The minimum Gasteiger partial charge on any atom is -0.496 e. The van der Waals surface area contributed by atoms with E-state index in [9.17, 15) is 9.59 Å². The molecular formula is C20H20ClNO4. The maximum absolute atomic E-state index is 12.7. The van der Waals surface area contributed by atoms with Gasteiger partial charge < -0.3 is 15.2 Å². The van der Waals surface area contributed by atoms with Crippen LogP contribution in [0.2, 0.25) is 5.02 Å². The van der Waals surface area contributed by atoms with Crippen LogP contribution in [0.5, 0.6) is 5.75 Å². The van der Waals surface area contributed by atoms with Gasteiger partial charge in [0.25, 0.3) is 0 Å². The van der Waals surface area contributed by atoms with Crippen LogP contribution in [-0.2, 0) is 16.6 Å². The van der Waals surface area contributed by atoms with Gasteiger partial charge in [-0.1, -0.05) is 29.8 Å². The molecule has 1 amide bonds. The number of halogens is 1. The number of hydrogen-bond acceptors (Lipinski definition) is 3. The zero-order chi connectivity index (χ0) is 18.7. The molecule has 0 bridgehead atoms. The van der Waals surface area contributed by atoms with Crippen molar-refractivity contribution >= 4 is 23.5 Å². The van der Waals surface area contributed by atoms with E-state index >= 15 is 0 Å². The van der Waals surface area contributed by atoms with Crippen LogP contribution >= 0.6 is 11.6 Å². The summed E-state index contributed by atoms with van der Waals surface area (Å²) in [6.07, 6.45) is 2.19. The highest BCUT2D eigenvalue weighted by Crippen LogP contribution is 2.48. The molecule has 0 atom stereocenters. The zero-order valence-electron chi connectivity index (χ0n) is 14.4. The van der Waals surface area contributed by atoms with Crippen molar-refractivity contribution in [1.82, 2.24) is 5.32 Å². The topological polar surface area (TPSA) is 75.6 Å². The number of carbonyl (C=O) groups excluding carboxylic acids is 1. The van der Waals surface area contributed by atoms with Crippen LogP contribution in [0.4, 0.5) is 0 Å². The predicted molar refractivity (Wildman–Crippen MR) is 99.0 cm³/mol. The molecule has 1 aliphatic rings. The molecule has 2 N–H and O–H groups in total.